The topological polar surface area (TPSA) is 256 Å². The molecule has 0 atom stereocenters. The molecule has 121 heavy (non-hydrogen) atoms. The summed E-state index contributed by atoms with van der Waals surface area (Å²) in [6.45, 7) is 5.85. The number of benzene rings is 10. The number of anilines is 5. The standard InChI is InChI=1S/C20H13FN2O2.C20H14N2O2.C19H15BrN2O2.C19H15ClN2O2.C19H16N2O2.CH4/c1-2-14-5-3-6-15(9-14)20(24)23-17-10-16(21)11-19(12-17)25-18-7-4-8-22-13-18;1-2-15-6-3-7-16(12-15)20(23)22-17-8-4-9-18(13-17)24-19-10-5-11-21-14-19;2*1-13-4-2-5-14(8-13)19(23)22-16-9-15(20)10-18(11-16)24-17-6-3-7-21-12-17;1-14-5-2-6-15(11-14)19(22)21-16-7-3-8-17(12-16)23-18-9-4-10-20-13-18;/h1,3-13H,(H,23,24);1,3-14H,(H,22,23);2*2-12H,1H3,(H,22,23);2-13H,1H3,(H,21,22);1H4. The molecule has 0 saturated carbocycles. The number of aromatic nitrogens is 5. The third kappa shape index (κ3) is 28.8. The van der Waals surface area contributed by atoms with Crippen molar-refractivity contribution in [3.8, 4) is 82.2 Å². The quantitative estimate of drug-likeness (QED) is 0.0445. The van der Waals surface area contributed by atoms with Gasteiger partial charge in [0.1, 0.15) is 63.3 Å². The number of hydrogen-bond donors (Lipinski definition) is 5. The van der Waals surface area contributed by atoms with Gasteiger partial charge < -0.3 is 50.3 Å². The maximum Gasteiger partial charge on any atom is 0.255 e. The van der Waals surface area contributed by atoms with Crippen LogP contribution in [0.1, 0.15) is 87.0 Å². The minimum absolute atomic E-state index is 0. The number of aryl methyl sites for hydroxylation is 3. The van der Waals surface area contributed by atoms with Gasteiger partial charge in [-0.25, -0.2) is 4.39 Å². The molecule has 0 aliphatic carbocycles. The van der Waals surface area contributed by atoms with Crippen LogP contribution in [0.15, 0.2) is 352 Å². The zero-order valence-corrected chi connectivity index (χ0v) is 66.9. The van der Waals surface area contributed by atoms with Gasteiger partial charge in [-0.1, -0.05) is 124 Å². The molecular formula is C98H77BrClFN10O10. The molecule has 600 valence electrons. The van der Waals surface area contributed by atoms with Gasteiger partial charge in [-0.15, -0.1) is 12.8 Å². The van der Waals surface area contributed by atoms with E-state index >= 15 is 0 Å². The molecule has 5 N–H and O–H groups in total. The highest BCUT2D eigenvalue weighted by Gasteiger charge is 2.15. The summed E-state index contributed by atoms with van der Waals surface area (Å²) < 4.78 is 43.1. The summed E-state index contributed by atoms with van der Waals surface area (Å²) in [5.74, 6) is 8.91. The molecule has 5 amide bonds. The molecule has 5 heterocycles. The first kappa shape index (κ1) is 87.5. The molecule has 20 nitrogen and oxygen atoms in total. The van der Waals surface area contributed by atoms with Crippen LogP contribution in [0, 0.1) is 51.3 Å². The fourth-order valence-electron chi connectivity index (χ4n) is 10.9. The number of carbonyl (C=O) groups is 5. The Hall–Kier alpha value is -15.9. The van der Waals surface area contributed by atoms with Gasteiger partial charge in [0, 0.05) is 144 Å². The Balaban J connectivity index is 0.000000158. The van der Waals surface area contributed by atoms with Crippen molar-refractivity contribution < 1.29 is 52.0 Å². The van der Waals surface area contributed by atoms with Crippen LogP contribution in [-0.4, -0.2) is 54.5 Å². The maximum absolute atomic E-state index is 13.8. The van der Waals surface area contributed by atoms with E-state index in [0.717, 1.165) is 21.2 Å². The zero-order chi connectivity index (χ0) is 84.4. The summed E-state index contributed by atoms with van der Waals surface area (Å²) in [6.07, 6.45) is 27.0. The van der Waals surface area contributed by atoms with E-state index in [9.17, 15) is 28.4 Å². The van der Waals surface area contributed by atoms with E-state index in [-0.39, 0.29) is 42.5 Å². The average molecular weight is 1690 g/mol. The van der Waals surface area contributed by atoms with E-state index in [4.69, 9.17) is 48.1 Å². The SMILES string of the molecule is C.C#Cc1cccc(C(=O)Nc2cc(F)cc(Oc3cccnc3)c2)c1.C#Cc1cccc(C(=O)Nc2cccc(Oc3cccnc3)c2)c1.Cc1cccc(C(=O)Nc2cc(Br)cc(Oc3cccnc3)c2)c1.Cc1cccc(C(=O)Nc2cc(Cl)cc(Oc3cccnc3)c2)c1.Cc1cccc(C(=O)Nc2cccc(Oc3cccnc3)c2)c1. The fraction of sp³-hybridized carbons (Fsp3) is 0.0408. The fourth-order valence-corrected chi connectivity index (χ4v) is 11.6. The van der Waals surface area contributed by atoms with E-state index in [1.165, 1.54) is 24.4 Å². The first-order valence-electron chi connectivity index (χ1n) is 36.7. The number of amides is 5. The molecule has 23 heteroatoms. The van der Waals surface area contributed by atoms with Crippen LogP contribution >= 0.6 is 27.5 Å². The molecule has 0 bridgehead atoms. The van der Waals surface area contributed by atoms with Crippen LogP contribution in [0.4, 0.5) is 32.8 Å². The largest absolute Gasteiger partial charge is 0.456 e. The number of carbonyl (C=O) groups excluding carboxylic acids is 5. The van der Waals surface area contributed by atoms with Gasteiger partial charge in [0.2, 0.25) is 0 Å². The summed E-state index contributed by atoms with van der Waals surface area (Å²) in [5, 5.41) is 14.5. The Labute approximate surface area is 713 Å². The second-order valence-electron chi connectivity index (χ2n) is 25.9. The second kappa shape index (κ2) is 44.8. The maximum atomic E-state index is 13.8. The minimum atomic E-state index is -0.533. The van der Waals surface area contributed by atoms with Gasteiger partial charge in [0.25, 0.3) is 29.5 Å². The molecule has 0 saturated heterocycles. The molecule has 0 fully saturated rings. The van der Waals surface area contributed by atoms with Crippen LogP contribution in [0.25, 0.3) is 0 Å². The average Bonchev–Trinajstić information content (AvgIpc) is 0.853. The van der Waals surface area contributed by atoms with Gasteiger partial charge in [0.05, 0.1) is 31.0 Å². The third-order valence-electron chi connectivity index (χ3n) is 16.3. The van der Waals surface area contributed by atoms with Crippen molar-refractivity contribution in [2.24, 2.45) is 0 Å². The predicted octanol–water partition coefficient (Wildman–Crippen LogP) is 23.7. The van der Waals surface area contributed by atoms with E-state index in [1.54, 1.807) is 213 Å². The molecule has 15 aromatic rings. The van der Waals surface area contributed by atoms with Gasteiger partial charge in [-0.2, -0.15) is 0 Å². The van der Waals surface area contributed by atoms with Crippen molar-refractivity contribution in [2.75, 3.05) is 26.6 Å². The van der Waals surface area contributed by atoms with Crippen molar-refractivity contribution >= 4 is 85.5 Å². The Kier molecular flexibility index (Phi) is 32.4. The van der Waals surface area contributed by atoms with Crippen LogP contribution in [0.2, 0.25) is 5.02 Å². The molecule has 5 aromatic heterocycles. The zero-order valence-electron chi connectivity index (χ0n) is 64.5. The first-order valence-corrected chi connectivity index (χ1v) is 37.9. The Morgan fingerprint density at radius 1 is 0.314 bits per heavy atom. The number of hydrogen-bond acceptors (Lipinski definition) is 15. The molecule has 0 aliphatic heterocycles. The van der Waals surface area contributed by atoms with Crippen molar-refractivity contribution in [3.63, 3.8) is 0 Å². The van der Waals surface area contributed by atoms with Gasteiger partial charge in [-0.05, 0) is 209 Å². The number of nitrogens with zero attached hydrogens (tertiary/aromatic N) is 5. The van der Waals surface area contributed by atoms with E-state index in [2.05, 4.69) is 79.3 Å². The number of pyridine rings is 5. The molecule has 0 spiro atoms. The van der Waals surface area contributed by atoms with Crippen LogP contribution < -0.4 is 50.3 Å². The van der Waals surface area contributed by atoms with Crippen molar-refractivity contribution in [1.29, 1.82) is 0 Å². The van der Waals surface area contributed by atoms with Crippen LogP contribution in [-0.2, 0) is 0 Å². The lowest BCUT2D eigenvalue weighted by atomic mass is 10.1. The summed E-state index contributed by atoms with van der Waals surface area (Å²) in [7, 11) is 0. The monoisotopic (exact) mass is 1690 g/mol. The predicted molar refractivity (Wildman–Crippen MR) is 475 cm³/mol. The van der Waals surface area contributed by atoms with E-state index < -0.39 is 11.7 Å². The van der Waals surface area contributed by atoms with Crippen molar-refractivity contribution in [1.82, 2.24) is 24.9 Å². The minimum Gasteiger partial charge on any atom is -0.456 e. The number of ether oxygens (including phenoxy) is 5. The summed E-state index contributed by atoms with van der Waals surface area (Å²) in [5.41, 5.74) is 9.88. The Morgan fingerprint density at radius 3 is 0.934 bits per heavy atom. The second-order valence-corrected chi connectivity index (χ2v) is 27.2. The third-order valence-corrected chi connectivity index (χ3v) is 17.0. The lowest BCUT2D eigenvalue weighted by Gasteiger charge is -2.10. The summed E-state index contributed by atoms with van der Waals surface area (Å²) in [4.78, 5) is 81.6. The van der Waals surface area contributed by atoms with Crippen LogP contribution in [0.5, 0.6) is 57.5 Å². The molecule has 10 aromatic carbocycles. The first-order chi connectivity index (χ1) is 58.3. The lowest BCUT2D eigenvalue weighted by molar-refractivity contribution is 0.101. The van der Waals surface area contributed by atoms with E-state index in [1.807, 2.05) is 130 Å². The normalized spacial score (nSPS) is 9.98. The Morgan fingerprint density at radius 2 is 0.595 bits per heavy atom. The molecule has 0 aliphatic rings. The van der Waals surface area contributed by atoms with E-state index in [0.29, 0.717) is 118 Å². The van der Waals surface area contributed by atoms with Crippen molar-refractivity contribution in [3.05, 3.63) is 418 Å². The molecule has 0 radical (unpaired) electrons. The highest BCUT2D eigenvalue weighted by molar-refractivity contribution is 9.10. The van der Waals surface area contributed by atoms with Gasteiger partial charge in [-0.3, -0.25) is 48.9 Å². The molecule has 0 unspecified atom stereocenters. The van der Waals surface area contributed by atoms with Gasteiger partial charge in [0.15, 0.2) is 0 Å². The number of halogens is 3. The summed E-state index contributed by atoms with van der Waals surface area (Å²) >= 11 is 9.56. The van der Waals surface area contributed by atoms with Crippen molar-refractivity contribution in [2.45, 2.75) is 28.2 Å². The van der Waals surface area contributed by atoms with Crippen LogP contribution in [0.3, 0.4) is 0 Å². The highest BCUT2D eigenvalue weighted by Crippen LogP contribution is 2.33. The summed E-state index contributed by atoms with van der Waals surface area (Å²) in [6, 6.07) is 82.5. The number of nitrogens with one attached hydrogen (secondary N) is 5. The highest BCUT2D eigenvalue weighted by atomic mass is 79.9. The number of rotatable bonds is 20. The lowest BCUT2D eigenvalue weighted by Crippen LogP contribution is -2.12. The molecular weight excluding hydrogens is 1610 g/mol. The number of terminal acetylenes is 2. The smallest absolute Gasteiger partial charge is 0.255 e. The Bertz CT molecular complexity index is 5990. The molecule has 15 rings (SSSR count). The van der Waals surface area contributed by atoms with Gasteiger partial charge >= 0.3 is 0 Å².